The van der Waals surface area contributed by atoms with E-state index in [1.165, 1.54) is 6.21 Å². The molecule has 1 amide bonds. The van der Waals surface area contributed by atoms with E-state index < -0.39 is 0 Å². The first-order valence-electron chi connectivity index (χ1n) is 7.01. The molecule has 126 valence electrons. The Morgan fingerprint density at radius 3 is 2.50 bits per heavy atom. The molecule has 2 aromatic rings. The van der Waals surface area contributed by atoms with Crippen molar-refractivity contribution in [3.63, 3.8) is 0 Å². The van der Waals surface area contributed by atoms with Crippen LogP contribution in [0.2, 0.25) is 10.0 Å². The molecular weight excluding hydrogens is 351 g/mol. The largest absolute Gasteiger partial charge is 0.493 e. The maximum atomic E-state index is 11.9. The summed E-state index contributed by atoms with van der Waals surface area (Å²) in [6.07, 6.45) is 1.66. The van der Waals surface area contributed by atoms with E-state index in [9.17, 15) is 4.79 Å². The van der Waals surface area contributed by atoms with Gasteiger partial charge in [-0.15, -0.1) is 0 Å². The molecule has 0 aliphatic heterocycles. The summed E-state index contributed by atoms with van der Waals surface area (Å²) in [5.74, 6) is 0.930. The van der Waals surface area contributed by atoms with E-state index in [0.29, 0.717) is 21.5 Å². The van der Waals surface area contributed by atoms with E-state index in [1.54, 1.807) is 50.6 Å². The highest BCUT2D eigenvalue weighted by molar-refractivity contribution is 6.42. The zero-order valence-electron chi connectivity index (χ0n) is 13.2. The highest BCUT2D eigenvalue weighted by Gasteiger charge is 2.07. The van der Waals surface area contributed by atoms with E-state index in [0.717, 1.165) is 11.1 Å². The molecule has 7 heteroatoms. The van der Waals surface area contributed by atoms with Gasteiger partial charge in [-0.3, -0.25) is 4.79 Å². The lowest BCUT2D eigenvalue weighted by molar-refractivity contribution is -0.120. The van der Waals surface area contributed by atoms with Crippen molar-refractivity contribution in [1.29, 1.82) is 0 Å². The Balaban J connectivity index is 1.95. The van der Waals surface area contributed by atoms with Crippen LogP contribution in [0.1, 0.15) is 11.1 Å². The second-order valence-corrected chi connectivity index (χ2v) is 5.65. The van der Waals surface area contributed by atoms with Crippen LogP contribution in [0.3, 0.4) is 0 Å². The van der Waals surface area contributed by atoms with Crippen molar-refractivity contribution in [2.24, 2.45) is 5.10 Å². The molecule has 0 spiro atoms. The number of hydrazone groups is 1. The number of amides is 1. The molecule has 0 saturated heterocycles. The summed E-state index contributed by atoms with van der Waals surface area (Å²) in [7, 11) is 3.10. The highest BCUT2D eigenvalue weighted by Crippen LogP contribution is 2.27. The Labute approximate surface area is 150 Å². The number of halogens is 2. The third kappa shape index (κ3) is 4.88. The topological polar surface area (TPSA) is 59.9 Å². The number of methoxy groups -OCH3 is 2. The van der Waals surface area contributed by atoms with E-state index in [-0.39, 0.29) is 12.3 Å². The average molecular weight is 367 g/mol. The number of rotatable bonds is 6. The standard InChI is InChI=1S/C17H16Cl2N2O3/c1-23-15-6-4-11(8-16(15)24-2)9-17(22)21-20-10-12-3-5-13(18)14(19)7-12/h3-8,10H,9H2,1-2H3,(H,21,22)/b20-10+. The predicted octanol–water partition coefficient (Wildman–Crippen LogP) is 3.70. The fourth-order valence-electron chi connectivity index (χ4n) is 1.99. The third-order valence-corrected chi connectivity index (χ3v) is 3.90. The Bertz CT molecular complexity index is 763. The number of carbonyl (C=O) groups excluding carboxylic acids is 1. The summed E-state index contributed by atoms with van der Waals surface area (Å²) in [5, 5.41) is 4.79. The number of nitrogens with one attached hydrogen (secondary N) is 1. The summed E-state index contributed by atoms with van der Waals surface area (Å²) >= 11 is 11.7. The van der Waals surface area contributed by atoms with Gasteiger partial charge in [0.2, 0.25) is 5.91 Å². The van der Waals surface area contributed by atoms with Crippen LogP contribution >= 0.6 is 23.2 Å². The molecule has 0 aliphatic rings. The molecule has 0 unspecified atom stereocenters. The van der Waals surface area contributed by atoms with Gasteiger partial charge in [0.25, 0.3) is 0 Å². The van der Waals surface area contributed by atoms with E-state index >= 15 is 0 Å². The molecule has 2 rings (SSSR count). The number of benzene rings is 2. The molecule has 0 aliphatic carbocycles. The minimum absolute atomic E-state index is 0.166. The van der Waals surface area contributed by atoms with E-state index in [1.807, 2.05) is 0 Å². The minimum Gasteiger partial charge on any atom is -0.493 e. The van der Waals surface area contributed by atoms with Crippen LogP contribution in [-0.4, -0.2) is 26.3 Å². The third-order valence-electron chi connectivity index (χ3n) is 3.16. The van der Waals surface area contributed by atoms with Gasteiger partial charge >= 0.3 is 0 Å². The Morgan fingerprint density at radius 2 is 1.83 bits per heavy atom. The Morgan fingerprint density at radius 1 is 1.08 bits per heavy atom. The van der Waals surface area contributed by atoms with Crippen LogP contribution in [-0.2, 0) is 11.2 Å². The molecule has 24 heavy (non-hydrogen) atoms. The molecule has 0 heterocycles. The zero-order valence-corrected chi connectivity index (χ0v) is 14.7. The fraction of sp³-hybridized carbons (Fsp3) is 0.176. The van der Waals surface area contributed by atoms with Crippen LogP contribution in [0, 0.1) is 0 Å². The highest BCUT2D eigenvalue weighted by atomic mass is 35.5. The number of hydrogen-bond donors (Lipinski definition) is 1. The van der Waals surface area contributed by atoms with Crippen LogP contribution in [0.4, 0.5) is 0 Å². The number of ether oxygens (including phenoxy) is 2. The fourth-order valence-corrected chi connectivity index (χ4v) is 2.29. The second-order valence-electron chi connectivity index (χ2n) is 4.83. The molecule has 2 aromatic carbocycles. The normalized spacial score (nSPS) is 10.7. The van der Waals surface area contributed by atoms with Gasteiger partial charge in [0.05, 0.1) is 36.9 Å². The van der Waals surface area contributed by atoms with Crippen molar-refractivity contribution in [3.05, 3.63) is 57.6 Å². The molecule has 0 atom stereocenters. The molecule has 0 fully saturated rings. The predicted molar refractivity (Wildman–Crippen MR) is 95.4 cm³/mol. The molecule has 5 nitrogen and oxygen atoms in total. The summed E-state index contributed by atoms with van der Waals surface area (Å²) in [6.45, 7) is 0. The quantitative estimate of drug-likeness (QED) is 0.626. The van der Waals surface area contributed by atoms with Crippen molar-refractivity contribution >= 4 is 35.3 Å². The summed E-state index contributed by atoms with van der Waals surface area (Å²) in [6, 6.07) is 10.4. The maximum Gasteiger partial charge on any atom is 0.244 e. The molecule has 0 radical (unpaired) electrons. The van der Waals surface area contributed by atoms with Crippen LogP contribution in [0.15, 0.2) is 41.5 Å². The van der Waals surface area contributed by atoms with Crippen molar-refractivity contribution in [1.82, 2.24) is 5.43 Å². The van der Waals surface area contributed by atoms with Gasteiger partial charge in [0.1, 0.15) is 0 Å². The average Bonchev–Trinajstić information content (AvgIpc) is 2.58. The first-order chi connectivity index (χ1) is 11.5. The summed E-state index contributed by atoms with van der Waals surface area (Å²) in [4.78, 5) is 11.9. The van der Waals surface area contributed by atoms with E-state index in [2.05, 4.69) is 10.5 Å². The van der Waals surface area contributed by atoms with Crippen LogP contribution in [0.25, 0.3) is 0 Å². The number of hydrogen-bond acceptors (Lipinski definition) is 4. The van der Waals surface area contributed by atoms with Crippen LogP contribution < -0.4 is 14.9 Å². The Kier molecular flexibility index (Phi) is 6.46. The summed E-state index contributed by atoms with van der Waals surface area (Å²) in [5.41, 5.74) is 3.98. The summed E-state index contributed by atoms with van der Waals surface area (Å²) < 4.78 is 10.4. The van der Waals surface area contributed by atoms with Crippen molar-refractivity contribution < 1.29 is 14.3 Å². The van der Waals surface area contributed by atoms with Gasteiger partial charge in [-0.05, 0) is 35.4 Å². The molecule has 0 aromatic heterocycles. The molecule has 0 bridgehead atoms. The van der Waals surface area contributed by atoms with Gasteiger partial charge in [0.15, 0.2) is 11.5 Å². The molecule has 1 N–H and O–H groups in total. The van der Waals surface area contributed by atoms with Gasteiger partial charge < -0.3 is 9.47 Å². The number of carbonyl (C=O) groups is 1. The van der Waals surface area contributed by atoms with Gasteiger partial charge in [-0.1, -0.05) is 35.3 Å². The van der Waals surface area contributed by atoms with Crippen molar-refractivity contribution in [3.8, 4) is 11.5 Å². The maximum absolute atomic E-state index is 11.9. The second kappa shape index (κ2) is 8.57. The minimum atomic E-state index is -0.251. The first kappa shape index (κ1) is 18.1. The first-order valence-corrected chi connectivity index (χ1v) is 7.77. The lowest BCUT2D eigenvalue weighted by Gasteiger charge is -2.09. The van der Waals surface area contributed by atoms with E-state index in [4.69, 9.17) is 32.7 Å². The Hall–Kier alpha value is -2.24. The van der Waals surface area contributed by atoms with Crippen molar-refractivity contribution in [2.45, 2.75) is 6.42 Å². The van der Waals surface area contributed by atoms with Gasteiger partial charge in [0, 0.05) is 0 Å². The SMILES string of the molecule is COc1ccc(CC(=O)N/N=C/c2ccc(Cl)c(Cl)c2)cc1OC. The monoisotopic (exact) mass is 366 g/mol. The van der Waals surface area contributed by atoms with Crippen LogP contribution in [0.5, 0.6) is 11.5 Å². The van der Waals surface area contributed by atoms with Gasteiger partial charge in [-0.2, -0.15) is 5.10 Å². The van der Waals surface area contributed by atoms with Crippen molar-refractivity contribution in [2.75, 3.05) is 14.2 Å². The smallest absolute Gasteiger partial charge is 0.244 e. The number of nitrogens with zero attached hydrogens (tertiary/aromatic N) is 1. The zero-order chi connectivity index (χ0) is 17.5. The lowest BCUT2D eigenvalue weighted by Crippen LogP contribution is -2.19. The van der Waals surface area contributed by atoms with Gasteiger partial charge in [-0.25, -0.2) is 5.43 Å². The molecular formula is C17H16Cl2N2O3. The lowest BCUT2D eigenvalue weighted by atomic mass is 10.1. The molecule has 0 saturated carbocycles.